The first-order valence-electron chi connectivity index (χ1n) is 17.0. The van der Waals surface area contributed by atoms with Crippen LogP contribution < -0.4 is 15.4 Å². The van der Waals surface area contributed by atoms with Crippen molar-refractivity contribution in [1.29, 1.82) is 0 Å². The predicted octanol–water partition coefficient (Wildman–Crippen LogP) is 4.64. The highest BCUT2D eigenvalue weighted by molar-refractivity contribution is 7.07. The van der Waals surface area contributed by atoms with Gasteiger partial charge in [0.25, 0.3) is 5.91 Å². The fourth-order valence-electron chi connectivity index (χ4n) is 6.64. The number of halogens is 3. The van der Waals surface area contributed by atoms with E-state index in [0.29, 0.717) is 44.6 Å². The van der Waals surface area contributed by atoms with Gasteiger partial charge in [0.15, 0.2) is 0 Å². The zero-order valence-electron chi connectivity index (χ0n) is 28.7. The Bertz CT molecular complexity index is 1700. The number of nitrogens with one attached hydrogen (secondary N) is 2. The highest BCUT2D eigenvalue weighted by Gasteiger charge is 2.44. The molecular weight excluding hydrogens is 687 g/mol. The van der Waals surface area contributed by atoms with Gasteiger partial charge in [-0.15, -0.1) is 5.10 Å². The second-order valence-electron chi connectivity index (χ2n) is 13.2. The molecule has 1 aliphatic carbocycles. The number of Topliss-reactive ketones (excluding diaryl/α,β-unsaturated/α-hetero) is 1. The smallest absolute Gasteiger partial charge is 0.332 e. The van der Waals surface area contributed by atoms with Crippen molar-refractivity contribution in [3.05, 3.63) is 64.7 Å². The first kappa shape index (κ1) is 37.8. The Morgan fingerprint density at radius 3 is 2.41 bits per heavy atom. The van der Waals surface area contributed by atoms with E-state index < -0.39 is 59.2 Å². The molecule has 3 atom stereocenters. The molecule has 2 fully saturated rings. The summed E-state index contributed by atoms with van der Waals surface area (Å²) in [5.41, 5.74) is -0.462. The van der Waals surface area contributed by atoms with Crippen LogP contribution in [0.1, 0.15) is 72.2 Å². The van der Waals surface area contributed by atoms with E-state index in [2.05, 4.69) is 30.1 Å². The lowest BCUT2D eigenvalue weighted by Crippen LogP contribution is -2.55. The Kier molecular flexibility index (Phi) is 12.4. The highest BCUT2D eigenvalue weighted by Crippen LogP contribution is 2.38. The molecule has 0 bridgehead atoms. The number of hydrogen-bond acceptors (Lipinski definition) is 10. The number of aromatic nitrogens is 3. The van der Waals surface area contributed by atoms with Crippen LogP contribution in [0.15, 0.2) is 42.9 Å². The quantitative estimate of drug-likeness (QED) is 0.257. The summed E-state index contributed by atoms with van der Waals surface area (Å²) in [4.78, 5) is 61.3. The zero-order valence-corrected chi connectivity index (χ0v) is 29.6. The molecular formula is C35H42F3N7O5S. The molecule has 1 saturated heterocycles. The molecule has 51 heavy (non-hydrogen) atoms. The number of alkyl halides is 2. The van der Waals surface area contributed by atoms with Crippen LogP contribution in [-0.2, 0) is 20.3 Å². The lowest BCUT2D eigenvalue weighted by atomic mass is 9.76. The zero-order chi connectivity index (χ0) is 36.7. The fourth-order valence-corrected chi connectivity index (χ4v) is 7.06. The number of likely N-dealkylation sites (N-methyl/N-ethyl adjacent to an activating group) is 1. The van der Waals surface area contributed by atoms with Crippen LogP contribution in [0.25, 0.3) is 0 Å². The third-order valence-corrected chi connectivity index (χ3v) is 10.5. The summed E-state index contributed by atoms with van der Waals surface area (Å²) >= 11 is 0.880. The maximum absolute atomic E-state index is 15.7. The molecule has 3 amide bonds. The lowest BCUT2D eigenvalue weighted by molar-refractivity contribution is -0.147. The van der Waals surface area contributed by atoms with E-state index in [1.54, 1.807) is 17.9 Å². The van der Waals surface area contributed by atoms with E-state index >= 15 is 13.2 Å². The maximum Gasteiger partial charge on any atom is 0.332 e. The van der Waals surface area contributed by atoms with Crippen molar-refractivity contribution in [3.63, 3.8) is 0 Å². The van der Waals surface area contributed by atoms with Gasteiger partial charge in [-0.1, -0.05) is 36.7 Å². The van der Waals surface area contributed by atoms with Crippen LogP contribution in [0.3, 0.4) is 0 Å². The normalized spacial score (nSPS) is 17.6. The minimum absolute atomic E-state index is 0.0595. The van der Waals surface area contributed by atoms with Gasteiger partial charge in [0, 0.05) is 50.6 Å². The molecule has 1 aliphatic heterocycles. The Hall–Kier alpha value is -4.44. The number of amides is 3. The molecule has 0 spiro atoms. The van der Waals surface area contributed by atoms with Gasteiger partial charge in [0.05, 0.1) is 30.8 Å². The van der Waals surface area contributed by atoms with Crippen molar-refractivity contribution >= 4 is 40.7 Å². The number of anilines is 1. The largest absolute Gasteiger partial charge is 0.495 e. The van der Waals surface area contributed by atoms with Crippen molar-refractivity contribution in [1.82, 2.24) is 29.7 Å². The molecule has 12 nitrogen and oxygen atoms in total. The molecule has 2 aliphatic rings. The second-order valence-corrected chi connectivity index (χ2v) is 14.0. The number of methoxy groups -OCH3 is 1. The Labute approximate surface area is 298 Å². The van der Waals surface area contributed by atoms with E-state index in [1.807, 2.05) is 7.05 Å². The first-order valence-corrected chi connectivity index (χ1v) is 17.7. The molecule has 274 valence electrons. The molecule has 3 heterocycles. The Morgan fingerprint density at radius 2 is 1.76 bits per heavy atom. The van der Waals surface area contributed by atoms with Crippen molar-refractivity contribution in [2.24, 2.45) is 11.8 Å². The molecule has 0 unspecified atom stereocenters. The molecule has 2 aromatic heterocycles. The second kappa shape index (κ2) is 16.7. The number of ketones is 1. The number of rotatable bonds is 13. The third-order valence-electron chi connectivity index (χ3n) is 9.85. The van der Waals surface area contributed by atoms with Gasteiger partial charge in [0.1, 0.15) is 22.5 Å². The van der Waals surface area contributed by atoms with Gasteiger partial charge < -0.3 is 25.2 Å². The van der Waals surface area contributed by atoms with Gasteiger partial charge in [0.2, 0.25) is 17.6 Å². The van der Waals surface area contributed by atoms with Crippen LogP contribution in [-0.4, -0.2) is 94.3 Å². The minimum Gasteiger partial charge on any atom is -0.495 e. The Morgan fingerprint density at radius 1 is 1.04 bits per heavy atom. The molecule has 0 radical (unpaired) electrons. The van der Waals surface area contributed by atoms with Gasteiger partial charge >= 0.3 is 5.92 Å². The van der Waals surface area contributed by atoms with E-state index in [0.717, 1.165) is 43.1 Å². The number of ether oxygens (including phenoxy) is 1. The number of nitrogens with zero attached hydrogens (tertiary/aromatic N) is 5. The number of piperazine rings is 1. The summed E-state index contributed by atoms with van der Waals surface area (Å²) in [7, 11) is 3.25. The van der Waals surface area contributed by atoms with Gasteiger partial charge in [-0.05, 0) is 61.1 Å². The van der Waals surface area contributed by atoms with Crippen LogP contribution >= 0.6 is 11.5 Å². The SMILES string of the molecule is COc1cncc(C(F)(F)C(=O)C[C@H](C(=O)Nc2ccc([C@H](C)[C@@H](NC(=O)c3cnns3)C(=O)N3CCN(C)CC3)cc2F)C2CCCCC2)c1. The van der Waals surface area contributed by atoms with Crippen LogP contribution in [0.2, 0.25) is 0 Å². The average molecular weight is 730 g/mol. The number of hydrogen-bond donors (Lipinski definition) is 2. The maximum atomic E-state index is 15.7. The molecule has 1 aromatic carbocycles. The van der Waals surface area contributed by atoms with Gasteiger partial charge in [-0.25, -0.2) is 4.39 Å². The van der Waals surface area contributed by atoms with Gasteiger partial charge in [-0.2, -0.15) is 8.78 Å². The van der Waals surface area contributed by atoms with E-state index in [1.165, 1.54) is 31.6 Å². The first-order chi connectivity index (χ1) is 24.4. The summed E-state index contributed by atoms with van der Waals surface area (Å²) in [6, 6.07) is 4.03. The van der Waals surface area contributed by atoms with Crippen LogP contribution in [0, 0.1) is 17.7 Å². The van der Waals surface area contributed by atoms with Crippen molar-refractivity contribution in [2.45, 2.75) is 63.3 Å². The highest BCUT2D eigenvalue weighted by atomic mass is 32.1. The van der Waals surface area contributed by atoms with Crippen molar-refractivity contribution in [2.75, 3.05) is 45.7 Å². The summed E-state index contributed by atoms with van der Waals surface area (Å²) < 4.78 is 55.2. The lowest BCUT2D eigenvalue weighted by Gasteiger charge is -2.36. The van der Waals surface area contributed by atoms with Crippen molar-refractivity contribution in [3.8, 4) is 5.75 Å². The van der Waals surface area contributed by atoms with Crippen molar-refractivity contribution < 1.29 is 37.1 Å². The fraction of sp³-hybridized carbons (Fsp3) is 0.514. The minimum atomic E-state index is -3.93. The standard InChI is InChI=1S/C35H42F3N7O5S/c1-21(31(42-33(48)29-20-40-43-51-29)34(49)45-13-11-44(2)12-14-45)23-9-10-28(27(36)15-23)41-32(47)26(22-7-5-4-6-8-22)17-30(46)35(37,38)24-16-25(50-3)19-39-18-24/h9-10,15-16,18-22,26,31H,4-8,11-14,17H2,1-3H3,(H,41,47)(H,42,48)/t21-,26-,31+/m0/s1. The number of carbonyl (C=O) groups excluding carboxylic acids is 4. The summed E-state index contributed by atoms with van der Waals surface area (Å²) in [5.74, 6) is -9.88. The van der Waals surface area contributed by atoms with Crippen LogP contribution in [0.4, 0.5) is 18.9 Å². The predicted molar refractivity (Wildman–Crippen MR) is 183 cm³/mol. The van der Waals surface area contributed by atoms with Gasteiger partial charge in [-0.3, -0.25) is 24.2 Å². The monoisotopic (exact) mass is 729 g/mol. The topological polar surface area (TPSA) is 147 Å². The molecule has 1 saturated carbocycles. The van der Waals surface area contributed by atoms with Crippen LogP contribution in [0.5, 0.6) is 5.75 Å². The summed E-state index contributed by atoms with van der Waals surface area (Å²) in [5, 5.41) is 9.02. The molecule has 16 heteroatoms. The third kappa shape index (κ3) is 9.08. The van der Waals surface area contributed by atoms with E-state index in [4.69, 9.17) is 4.74 Å². The number of benzene rings is 1. The summed E-state index contributed by atoms with van der Waals surface area (Å²) in [6.07, 6.45) is 6.31. The molecule has 2 N–H and O–H groups in total. The van der Waals surface area contributed by atoms with E-state index in [9.17, 15) is 19.2 Å². The summed E-state index contributed by atoms with van der Waals surface area (Å²) in [6.45, 7) is 3.93. The number of carbonyl (C=O) groups is 4. The molecule has 3 aromatic rings. The molecule has 5 rings (SSSR count). The number of pyridine rings is 1. The Balaban J connectivity index is 1.34. The van der Waals surface area contributed by atoms with E-state index in [-0.39, 0.29) is 28.1 Å². The average Bonchev–Trinajstić information content (AvgIpc) is 3.69.